The van der Waals surface area contributed by atoms with Crippen molar-refractivity contribution in [3.05, 3.63) is 108 Å². The topological polar surface area (TPSA) is 82.1 Å². The first-order valence-electron chi connectivity index (χ1n) is 11.5. The van der Waals surface area contributed by atoms with Crippen molar-refractivity contribution in [2.45, 2.75) is 26.8 Å². The minimum absolute atomic E-state index is 0.0885. The van der Waals surface area contributed by atoms with Crippen LogP contribution in [0.4, 0.5) is 0 Å². The molecule has 3 heterocycles. The summed E-state index contributed by atoms with van der Waals surface area (Å²) in [6.45, 7) is 3.90. The van der Waals surface area contributed by atoms with Crippen LogP contribution in [-0.4, -0.2) is 26.5 Å². The van der Waals surface area contributed by atoms with E-state index in [2.05, 4.69) is 5.10 Å². The number of pyridine rings is 1. The van der Waals surface area contributed by atoms with E-state index in [1.807, 2.05) is 74.5 Å². The smallest absolute Gasteiger partial charge is 0.327 e. The molecule has 0 saturated carbocycles. The van der Waals surface area contributed by atoms with E-state index in [0.717, 1.165) is 11.1 Å². The second kappa shape index (κ2) is 9.02. The lowest BCUT2D eigenvalue weighted by Gasteiger charge is -2.15. The number of carbonyl (C=O) groups is 2. The quantitative estimate of drug-likeness (QED) is 0.324. The summed E-state index contributed by atoms with van der Waals surface area (Å²) in [7, 11) is 0. The Morgan fingerprint density at radius 2 is 1.60 bits per heavy atom. The molecule has 0 bridgehead atoms. The minimum Gasteiger partial charge on any atom is -0.858 e. The molecule has 35 heavy (non-hydrogen) atoms. The van der Waals surface area contributed by atoms with Gasteiger partial charge in [-0.15, -0.1) is 0 Å². The van der Waals surface area contributed by atoms with Crippen LogP contribution in [0.3, 0.4) is 0 Å². The summed E-state index contributed by atoms with van der Waals surface area (Å²) in [5.41, 5.74) is 3.24. The third kappa shape index (κ3) is 3.91. The molecular weight excluding hydrogens is 440 g/mol. The van der Waals surface area contributed by atoms with Crippen molar-refractivity contribution in [1.29, 1.82) is 0 Å². The van der Waals surface area contributed by atoms with Crippen LogP contribution in [0.5, 0.6) is 5.88 Å². The summed E-state index contributed by atoms with van der Waals surface area (Å²) in [6.07, 6.45) is 3.93. The van der Waals surface area contributed by atoms with Crippen LogP contribution >= 0.6 is 0 Å². The Kier molecular flexibility index (Phi) is 5.74. The van der Waals surface area contributed by atoms with Crippen molar-refractivity contribution in [3.63, 3.8) is 0 Å². The number of rotatable bonds is 6. The molecule has 4 aromatic rings. The molecule has 0 fully saturated rings. The van der Waals surface area contributed by atoms with Crippen molar-refractivity contribution >= 4 is 23.1 Å². The van der Waals surface area contributed by atoms with Gasteiger partial charge in [-0.1, -0.05) is 55.5 Å². The normalized spacial score (nSPS) is 13.7. The van der Waals surface area contributed by atoms with Gasteiger partial charge in [0, 0.05) is 17.2 Å². The predicted octanol–water partition coefficient (Wildman–Crippen LogP) is 3.04. The molecular formula is C28H24N4O3. The van der Waals surface area contributed by atoms with Gasteiger partial charge in [0.15, 0.2) is 12.4 Å². The molecule has 0 atom stereocenters. The van der Waals surface area contributed by atoms with E-state index in [0.29, 0.717) is 17.8 Å². The summed E-state index contributed by atoms with van der Waals surface area (Å²) in [5.74, 6) is -1.36. The summed E-state index contributed by atoms with van der Waals surface area (Å²) < 4.78 is 2.94. The zero-order chi connectivity index (χ0) is 24.5. The zero-order valence-electron chi connectivity index (χ0n) is 19.5. The first-order chi connectivity index (χ1) is 17.0. The van der Waals surface area contributed by atoms with Crippen molar-refractivity contribution in [2.24, 2.45) is 0 Å². The average Bonchev–Trinajstić information content (AvgIpc) is 3.33. The van der Waals surface area contributed by atoms with Crippen LogP contribution in [0.2, 0.25) is 0 Å². The highest BCUT2D eigenvalue weighted by molar-refractivity contribution is 6.44. The Morgan fingerprint density at radius 1 is 0.914 bits per heavy atom. The lowest BCUT2D eigenvalue weighted by Crippen LogP contribution is -2.39. The minimum atomic E-state index is -0.498. The lowest BCUT2D eigenvalue weighted by atomic mass is 10.0. The van der Waals surface area contributed by atoms with E-state index >= 15 is 0 Å². The number of carbonyl (C=O) groups excluding carboxylic acids is 2. The first-order valence-corrected chi connectivity index (χ1v) is 11.5. The van der Waals surface area contributed by atoms with Crippen LogP contribution in [-0.2, 0) is 22.6 Å². The maximum Gasteiger partial charge on any atom is 0.327 e. The van der Waals surface area contributed by atoms with Gasteiger partial charge >= 0.3 is 5.91 Å². The number of para-hydroxylation sites is 1. The fraction of sp³-hybridized carbons (Fsp3) is 0.143. The number of aryl methyl sites for hydroxylation is 2. The van der Waals surface area contributed by atoms with E-state index in [4.69, 9.17) is 0 Å². The van der Waals surface area contributed by atoms with Gasteiger partial charge in [-0.25, -0.2) is 4.68 Å². The summed E-state index contributed by atoms with van der Waals surface area (Å²) in [4.78, 5) is 28.7. The third-order valence-electron chi connectivity index (χ3n) is 6.03. The summed E-state index contributed by atoms with van der Waals surface area (Å²) in [5, 5.41) is 18.2. The molecule has 2 aromatic heterocycles. The molecule has 2 aromatic carbocycles. The highest BCUT2D eigenvalue weighted by Crippen LogP contribution is 2.37. The highest BCUT2D eigenvalue weighted by atomic mass is 16.3. The van der Waals surface area contributed by atoms with Gasteiger partial charge in [-0.2, -0.15) is 9.67 Å². The van der Waals surface area contributed by atoms with Crippen LogP contribution in [0, 0.1) is 6.92 Å². The zero-order valence-corrected chi connectivity index (χ0v) is 19.5. The number of aromatic nitrogens is 3. The summed E-state index contributed by atoms with van der Waals surface area (Å²) in [6, 6.07) is 22.1. The Balaban J connectivity index is 1.72. The number of amides is 2. The van der Waals surface area contributed by atoms with E-state index in [9.17, 15) is 14.7 Å². The number of hydrogen-bond acceptors (Lipinski definition) is 4. The molecule has 0 N–H and O–H groups in total. The average molecular weight is 465 g/mol. The molecule has 174 valence electrons. The van der Waals surface area contributed by atoms with Gasteiger partial charge in [-0.05, 0) is 43.0 Å². The van der Waals surface area contributed by atoms with Crippen LogP contribution < -0.4 is 9.67 Å². The van der Waals surface area contributed by atoms with E-state index < -0.39 is 17.7 Å². The van der Waals surface area contributed by atoms with Crippen molar-refractivity contribution in [1.82, 2.24) is 14.7 Å². The lowest BCUT2D eigenvalue weighted by molar-refractivity contribution is -0.577. The molecule has 2 amide bonds. The highest BCUT2D eigenvalue weighted by Gasteiger charge is 2.46. The van der Waals surface area contributed by atoms with Gasteiger partial charge in [0.1, 0.15) is 5.57 Å². The number of hydrogen-bond donors (Lipinski definition) is 0. The van der Waals surface area contributed by atoms with Gasteiger partial charge in [0.2, 0.25) is 0 Å². The molecule has 0 saturated heterocycles. The van der Waals surface area contributed by atoms with E-state index in [-0.39, 0.29) is 23.4 Å². The second-order valence-electron chi connectivity index (χ2n) is 8.42. The van der Waals surface area contributed by atoms with E-state index in [1.165, 1.54) is 9.58 Å². The number of nitrogens with zero attached hydrogens (tertiary/aromatic N) is 4. The van der Waals surface area contributed by atoms with Gasteiger partial charge < -0.3 is 5.11 Å². The fourth-order valence-corrected chi connectivity index (χ4v) is 4.36. The third-order valence-corrected chi connectivity index (χ3v) is 6.03. The van der Waals surface area contributed by atoms with Crippen molar-refractivity contribution in [3.8, 4) is 11.6 Å². The maximum atomic E-state index is 13.8. The second-order valence-corrected chi connectivity index (χ2v) is 8.42. The van der Waals surface area contributed by atoms with E-state index in [1.54, 1.807) is 29.1 Å². The first kappa shape index (κ1) is 22.3. The molecule has 0 aliphatic carbocycles. The summed E-state index contributed by atoms with van der Waals surface area (Å²) >= 11 is 0. The van der Waals surface area contributed by atoms with Crippen molar-refractivity contribution < 1.29 is 19.3 Å². The molecule has 5 rings (SSSR count). The van der Waals surface area contributed by atoms with Gasteiger partial charge in [-0.3, -0.25) is 14.5 Å². The van der Waals surface area contributed by atoms with Crippen molar-refractivity contribution in [2.75, 3.05) is 0 Å². The predicted molar refractivity (Wildman–Crippen MR) is 129 cm³/mol. The fourth-order valence-electron chi connectivity index (χ4n) is 4.36. The molecule has 1 aliphatic rings. The SMILES string of the molecule is CCc1nn(-c2ccccc2)c([O-])c1C1=C([n+]2cccc(C)c2)C(=O)N(Cc2ccccc2)C1=O. The van der Waals surface area contributed by atoms with Crippen LogP contribution in [0.15, 0.2) is 85.2 Å². The number of benzene rings is 2. The molecule has 0 unspecified atom stereocenters. The van der Waals surface area contributed by atoms with Crippen LogP contribution in [0.25, 0.3) is 17.0 Å². The molecule has 7 nitrogen and oxygen atoms in total. The Labute approximate surface area is 203 Å². The molecule has 7 heteroatoms. The van der Waals surface area contributed by atoms with Gasteiger partial charge in [0.05, 0.1) is 17.9 Å². The standard InChI is InChI=1S/C28H24N4O3/c1-3-22-23(27(34)32(29-22)21-14-8-5-9-15-21)24-25(30-16-10-11-19(2)17-30)28(35)31(26(24)33)18-20-12-6-4-7-13-20/h4-17H,3,18H2,1-2H3. The monoisotopic (exact) mass is 464 g/mol. The molecule has 1 aliphatic heterocycles. The Morgan fingerprint density at radius 3 is 2.26 bits per heavy atom. The Bertz CT molecular complexity index is 1460. The maximum absolute atomic E-state index is 13.8. The molecule has 0 radical (unpaired) electrons. The number of imide groups is 1. The largest absolute Gasteiger partial charge is 0.858 e. The van der Waals surface area contributed by atoms with Gasteiger partial charge in [0.25, 0.3) is 11.6 Å². The Hall–Kier alpha value is -4.52. The van der Waals surface area contributed by atoms with Crippen LogP contribution in [0.1, 0.15) is 29.3 Å². The molecule has 0 spiro atoms.